The number of hydrogen-bond donors (Lipinski definition) is 2. The molecule has 3 N–H and O–H groups in total. The Bertz CT molecular complexity index is 739. The van der Waals surface area contributed by atoms with Crippen molar-refractivity contribution in [1.82, 2.24) is 15.2 Å². The molecule has 150 valence electrons. The zero-order valence-electron chi connectivity index (χ0n) is 16.3. The first kappa shape index (κ1) is 20.3. The van der Waals surface area contributed by atoms with Gasteiger partial charge < -0.3 is 11.1 Å². The summed E-state index contributed by atoms with van der Waals surface area (Å²) in [5.41, 5.74) is 5.32. The Morgan fingerprint density at radius 1 is 1.29 bits per heavy atom. The van der Waals surface area contributed by atoms with Crippen LogP contribution >= 0.6 is 0 Å². The Hall–Kier alpha value is -2.46. The van der Waals surface area contributed by atoms with Gasteiger partial charge in [0, 0.05) is 43.9 Å². The van der Waals surface area contributed by atoms with E-state index in [4.69, 9.17) is 5.73 Å². The summed E-state index contributed by atoms with van der Waals surface area (Å²) in [5, 5.41) is 12.7. The van der Waals surface area contributed by atoms with E-state index in [-0.39, 0.29) is 18.2 Å². The van der Waals surface area contributed by atoms with Gasteiger partial charge in [0.25, 0.3) is 0 Å². The zero-order valence-corrected chi connectivity index (χ0v) is 16.3. The van der Waals surface area contributed by atoms with E-state index in [1.165, 1.54) is 0 Å². The molecule has 0 radical (unpaired) electrons. The minimum Gasteiger partial charge on any atom is -0.369 e. The van der Waals surface area contributed by atoms with Crippen LogP contribution in [0.3, 0.4) is 0 Å². The topological polar surface area (TPSA) is 112 Å². The largest absolute Gasteiger partial charge is 0.369 e. The van der Waals surface area contributed by atoms with E-state index >= 15 is 0 Å². The number of nitrogens with zero attached hydrogens (tertiary/aromatic N) is 3. The summed E-state index contributed by atoms with van der Waals surface area (Å²) < 4.78 is 0. The summed E-state index contributed by atoms with van der Waals surface area (Å²) in [5.74, 6) is -0.463. The van der Waals surface area contributed by atoms with Crippen LogP contribution in [0.25, 0.3) is 0 Å². The number of carbonyl (C=O) groups is 2. The molecule has 1 unspecified atom stereocenters. The first-order valence-electron chi connectivity index (χ1n) is 10.1. The second-order valence-electron chi connectivity index (χ2n) is 8.27. The molecule has 2 amide bonds. The number of nitriles is 1. The second-order valence-corrected chi connectivity index (χ2v) is 8.27. The molecule has 0 aromatic carbocycles. The number of primary amides is 1. The average molecular weight is 383 g/mol. The molecule has 2 fully saturated rings. The van der Waals surface area contributed by atoms with Gasteiger partial charge in [-0.25, -0.2) is 0 Å². The van der Waals surface area contributed by atoms with Gasteiger partial charge in [0.2, 0.25) is 11.8 Å². The lowest BCUT2D eigenvalue weighted by molar-refractivity contribution is -0.131. The maximum absolute atomic E-state index is 12.6. The lowest BCUT2D eigenvalue weighted by Crippen LogP contribution is -2.50. The highest BCUT2D eigenvalue weighted by Crippen LogP contribution is 2.40. The van der Waals surface area contributed by atoms with Crippen molar-refractivity contribution in [2.24, 2.45) is 11.1 Å². The zero-order chi connectivity index (χ0) is 20.0. The maximum Gasteiger partial charge on any atom is 0.223 e. The van der Waals surface area contributed by atoms with Gasteiger partial charge in [0.05, 0.1) is 6.07 Å². The normalized spacial score (nSPS) is 24.4. The minimum atomic E-state index is -0.869. The molecule has 2 heterocycles. The summed E-state index contributed by atoms with van der Waals surface area (Å²) in [4.78, 5) is 30.9. The molecule has 7 nitrogen and oxygen atoms in total. The number of pyridine rings is 1. The molecule has 3 rings (SSSR count). The van der Waals surface area contributed by atoms with Crippen molar-refractivity contribution in [2.45, 2.75) is 63.5 Å². The van der Waals surface area contributed by atoms with Crippen molar-refractivity contribution in [3.63, 3.8) is 0 Å². The van der Waals surface area contributed by atoms with Gasteiger partial charge >= 0.3 is 0 Å². The van der Waals surface area contributed by atoms with Gasteiger partial charge in [0.15, 0.2) is 0 Å². The van der Waals surface area contributed by atoms with E-state index in [0.29, 0.717) is 25.9 Å². The quantitative estimate of drug-likeness (QED) is 0.746. The molecule has 1 saturated heterocycles. The highest BCUT2D eigenvalue weighted by molar-refractivity contribution is 5.83. The number of carbonyl (C=O) groups excluding carboxylic acids is 2. The summed E-state index contributed by atoms with van der Waals surface area (Å²) >= 11 is 0. The van der Waals surface area contributed by atoms with Crippen LogP contribution in [0, 0.1) is 16.7 Å². The number of amides is 2. The average Bonchev–Trinajstić information content (AvgIpc) is 3.10. The van der Waals surface area contributed by atoms with Crippen molar-refractivity contribution in [2.75, 3.05) is 13.1 Å². The predicted octanol–water partition coefficient (Wildman–Crippen LogP) is 1.88. The monoisotopic (exact) mass is 383 g/mol. The molecular formula is C21H29N5O2. The lowest BCUT2D eigenvalue weighted by Gasteiger charge is -2.34. The third-order valence-corrected chi connectivity index (χ3v) is 6.23. The van der Waals surface area contributed by atoms with E-state index < -0.39 is 11.0 Å². The van der Waals surface area contributed by atoms with E-state index in [2.05, 4.69) is 21.3 Å². The standard InChI is InChI=1S/C21H29N5O2/c22-15-21(10-12-26(16-21)14-17-5-4-11-24-13-17)25-18(27)6-9-20(19(23)28)7-2-1-3-8-20/h4-5,11,13H,1-3,6-10,12,14,16H2,(H2,23,28)(H,25,27). The minimum absolute atomic E-state index is 0.170. The second kappa shape index (κ2) is 8.70. The number of nitrogens with one attached hydrogen (secondary N) is 1. The summed E-state index contributed by atoms with van der Waals surface area (Å²) in [6.07, 6.45) is 9.45. The molecule has 1 aromatic rings. The summed E-state index contributed by atoms with van der Waals surface area (Å²) in [6, 6.07) is 6.21. The lowest BCUT2D eigenvalue weighted by atomic mass is 9.70. The molecule has 0 bridgehead atoms. The Morgan fingerprint density at radius 3 is 2.71 bits per heavy atom. The Morgan fingerprint density at radius 2 is 2.07 bits per heavy atom. The van der Waals surface area contributed by atoms with Gasteiger partial charge in [-0.2, -0.15) is 5.26 Å². The van der Waals surface area contributed by atoms with Crippen LogP contribution in [0.1, 0.15) is 56.9 Å². The number of nitrogens with two attached hydrogens (primary N) is 1. The van der Waals surface area contributed by atoms with E-state index in [1.54, 1.807) is 6.20 Å². The first-order valence-corrected chi connectivity index (χ1v) is 10.1. The Labute approximate surface area is 166 Å². The van der Waals surface area contributed by atoms with E-state index in [1.807, 2.05) is 18.3 Å². The van der Waals surface area contributed by atoms with Gasteiger partial charge in [0.1, 0.15) is 5.54 Å². The van der Waals surface area contributed by atoms with Crippen molar-refractivity contribution < 1.29 is 9.59 Å². The van der Waals surface area contributed by atoms with Gasteiger partial charge in [-0.3, -0.25) is 19.5 Å². The Kier molecular flexibility index (Phi) is 6.30. The molecule has 1 aliphatic heterocycles. The molecule has 7 heteroatoms. The first-order chi connectivity index (χ1) is 13.5. The van der Waals surface area contributed by atoms with Gasteiger partial charge in [-0.15, -0.1) is 0 Å². The SMILES string of the molecule is N#CC1(NC(=O)CCC2(C(N)=O)CCCCC2)CCN(Cc2cccnc2)C1. The molecule has 2 aliphatic rings. The van der Waals surface area contributed by atoms with Crippen LogP contribution in [0.15, 0.2) is 24.5 Å². The fraction of sp³-hybridized carbons (Fsp3) is 0.619. The third-order valence-electron chi connectivity index (χ3n) is 6.23. The number of rotatable bonds is 7. The van der Waals surface area contributed by atoms with Crippen LogP contribution in [0.5, 0.6) is 0 Å². The van der Waals surface area contributed by atoms with Crippen LogP contribution in [0.4, 0.5) is 0 Å². The van der Waals surface area contributed by atoms with Crippen LogP contribution in [-0.4, -0.2) is 40.3 Å². The molecule has 0 spiro atoms. The van der Waals surface area contributed by atoms with Crippen LogP contribution in [-0.2, 0) is 16.1 Å². The van der Waals surface area contributed by atoms with E-state index in [9.17, 15) is 14.9 Å². The molecular weight excluding hydrogens is 354 g/mol. The fourth-order valence-corrected chi connectivity index (χ4v) is 4.53. The molecule has 1 saturated carbocycles. The number of likely N-dealkylation sites (tertiary alicyclic amines) is 1. The predicted molar refractivity (Wildman–Crippen MR) is 105 cm³/mol. The fourth-order valence-electron chi connectivity index (χ4n) is 4.53. The van der Waals surface area contributed by atoms with Gasteiger partial charge in [-0.05, 0) is 37.3 Å². The summed E-state index contributed by atoms with van der Waals surface area (Å²) in [6.45, 7) is 1.94. The number of hydrogen-bond acceptors (Lipinski definition) is 5. The van der Waals surface area contributed by atoms with Crippen LogP contribution < -0.4 is 11.1 Å². The highest BCUT2D eigenvalue weighted by Gasteiger charge is 2.41. The van der Waals surface area contributed by atoms with Crippen molar-refractivity contribution in [3.05, 3.63) is 30.1 Å². The summed E-state index contributed by atoms with van der Waals surface area (Å²) in [7, 11) is 0. The van der Waals surface area contributed by atoms with Crippen molar-refractivity contribution >= 4 is 11.8 Å². The molecule has 1 aliphatic carbocycles. The maximum atomic E-state index is 12.6. The molecule has 1 aromatic heterocycles. The van der Waals surface area contributed by atoms with E-state index in [0.717, 1.165) is 44.2 Å². The van der Waals surface area contributed by atoms with Crippen molar-refractivity contribution in [1.29, 1.82) is 5.26 Å². The smallest absolute Gasteiger partial charge is 0.223 e. The van der Waals surface area contributed by atoms with Gasteiger partial charge in [-0.1, -0.05) is 25.3 Å². The molecule has 28 heavy (non-hydrogen) atoms. The third kappa shape index (κ3) is 4.68. The molecule has 1 atom stereocenters. The van der Waals surface area contributed by atoms with Crippen LogP contribution in [0.2, 0.25) is 0 Å². The Balaban J connectivity index is 1.55. The number of aromatic nitrogens is 1. The van der Waals surface area contributed by atoms with Crippen molar-refractivity contribution in [3.8, 4) is 6.07 Å². The highest BCUT2D eigenvalue weighted by atomic mass is 16.2.